The summed E-state index contributed by atoms with van der Waals surface area (Å²) in [5.74, 6) is -1.43. The molecule has 2 heterocycles. The average molecular weight is 383 g/mol. The third-order valence-electron chi connectivity index (χ3n) is 4.71. The van der Waals surface area contributed by atoms with Crippen molar-refractivity contribution in [2.75, 3.05) is 11.1 Å². The van der Waals surface area contributed by atoms with Gasteiger partial charge in [0.2, 0.25) is 5.60 Å². The van der Waals surface area contributed by atoms with Gasteiger partial charge in [-0.1, -0.05) is 0 Å². The number of carbonyl (C=O) groups excluding carboxylic acids is 1. The molecule has 1 aliphatic heterocycles. The Kier molecular flexibility index (Phi) is 3.69. The van der Waals surface area contributed by atoms with Crippen LogP contribution in [0.25, 0.3) is 5.69 Å². The molecule has 28 heavy (non-hydrogen) atoms. The van der Waals surface area contributed by atoms with Crippen molar-refractivity contribution in [2.24, 2.45) is 0 Å². The number of nitro benzene ring substituents is 1. The lowest BCUT2D eigenvalue weighted by atomic mass is 9.87. The average Bonchev–Trinajstić information content (AvgIpc) is 3.09. The number of aromatic nitrogens is 2. The normalized spacial score (nSPS) is 18.0. The zero-order valence-corrected chi connectivity index (χ0v) is 14.5. The zero-order chi connectivity index (χ0) is 20.2. The lowest BCUT2D eigenvalue weighted by molar-refractivity contribution is -0.384. The van der Waals surface area contributed by atoms with E-state index >= 15 is 0 Å². The number of carbonyl (C=O) groups is 1. The van der Waals surface area contributed by atoms with Crippen molar-refractivity contribution in [3.8, 4) is 5.69 Å². The van der Waals surface area contributed by atoms with Crippen LogP contribution in [0.5, 0.6) is 0 Å². The molecule has 0 saturated carbocycles. The highest BCUT2D eigenvalue weighted by molar-refractivity contribution is 6.08. The van der Waals surface area contributed by atoms with E-state index in [1.165, 1.54) is 41.1 Å². The van der Waals surface area contributed by atoms with Gasteiger partial charge in [-0.05, 0) is 37.3 Å². The van der Waals surface area contributed by atoms with Crippen molar-refractivity contribution in [2.45, 2.75) is 12.5 Å². The van der Waals surface area contributed by atoms with E-state index in [4.69, 9.17) is 5.73 Å². The van der Waals surface area contributed by atoms with Crippen LogP contribution in [-0.4, -0.2) is 25.7 Å². The number of fused-ring (bicyclic) bond motifs is 1. The number of anilines is 2. The number of non-ortho nitro benzene ring substituents is 1. The Morgan fingerprint density at radius 2 is 1.96 bits per heavy atom. The monoisotopic (exact) mass is 383 g/mol. The standard InChI is InChI=1S/C18H14FN5O4/c1-9-15(18(26)13-8-10(19)2-7-14(13)21-17(18)25)16(20)23(22-9)11-3-5-12(6-4-11)24(27)28/h2-8,26H,20H2,1H3,(H,21,25)/t18-/m1/s1. The van der Waals surface area contributed by atoms with Crippen LogP contribution >= 0.6 is 0 Å². The third kappa shape index (κ3) is 2.35. The minimum atomic E-state index is -2.22. The number of amides is 1. The largest absolute Gasteiger partial charge is 0.383 e. The number of nitrogens with two attached hydrogens (primary N) is 1. The Bertz CT molecular complexity index is 1140. The third-order valence-corrected chi connectivity index (χ3v) is 4.71. The SMILES string of the molecule is Cc1nn(-c2ccc([N+](=O)[O-])cc2)c(N)c1[C@@]1(O)C(=O)Nc2ccc(F)cc21. The molecule has 0 radical (unpaired) electrons. The van der Waals surface area contributed by atoms with Crippen LogP contribution in [0.4, 0.5) is 21.6 Å². The maximum atomic E-state index is 13.8. The summed E-state index contributed by atoms with van der Waals surface area (Å²) in [5, 5.41) is 28.8. The minimum absolute atomic E-state index is 0.0210. The number of hydrogen-bond acceptors (Lipinski definition) is 6. The number of nitro groups is 1. The van der Waals surface area contributed by atoms with Crippen LogP contribution in [-0.2, 0) is 10.4 Å². The van der Waals surface area contributed by atoms with Gasteiger partial charge in [0, 0.05) is 23.4 Å². The second-order valence-electron chi connectivity index (χ2n) is 6.39. The Morgan fingerprint density at radius 1 is 1.29 bits per heavy atom. The number of rotatable bonds is 3. The van der Waals surface area contributed by atoms with Gasteiger partial charge in [-0.25, -0.2) is 9.07 Å². The smallest absolute Gasteiger partial charge is 0.269 e. The second-order valence-corrected chi connectivity index (χ2v) is 6.39. The van der Waals surface area contributed by atoms with Gasteiger partial charge in [0.1, 0.15) is 11.6 Å². The van der Waals surface area contributed by atoms with Gasteiger partial charge in [0.05, 0.1) is 21.9 Å². The number of nitrogen functional groups attached to an aromatic ring is 1. The highest BCUT2D eigenvalue weighted by atomic mass is 19.1. The Balaban J connectivity index is 1.88. The van der Waals surface area contributed by atoms with Crippen molar-refractivity contribution < 1.29 is 19.2 Å². The van der Waals surface area contributed by atoms with Crippen LogP contribution in [0.1, 0.15) is 16.8 Å². The molecular weight excluding hydrogens is 369 g/mol. The van der Waals surface area contributed by atoms with E-state index < -0.39 is 22.2 Å². The van der Waals surface area contributed by atoms with Gasteiger partial charge in [-0.15, -0.1) is 0 Å². The number of hydrogen-bond donors (Lipinski definition) is 3. The quantitative estimate of drug-likeness (QED) is 0.467. The first-order valence-corrected chi connectivity index (χ1v) is 8.17. The molecular formula is C18H14FN5O4. The number of aryl methyl sites for hydroxylation is 1. The van der Waals surface area contributed by atoms with E-state index in [0.29, 0.717) is 5.69 Å². The number of benzene rings is 2. The summed E-state index contributed by atoms with van der Waals surface area (Å²) in [4.78, 5) is 22.9. The fraction of sp³-hybridized carbons (Fsp3) is 0.111. The molecule has 142 valence electrons. The van der Waals surface area contributed by atoms with E-state index in [-0.39, 0.29) is 34.0 Å². The molecule has 1 aliphatic rings. The molecule has 2 aromatic carbocycles. The first kappa shape index (κ1) is 17.6. The van der Waals surface area contributed by atoms with E-state index in [1.807, 2.05) is 0 Å². The Hall–Kier alpha value is -3.79. The number of nitrogens with one attached hydrogen (secondary N) is 1. The van der Waals surface area contributed by atoms with Gasteiger partial charge in [-0.3, -0.25) is 14.9 Å². The Morgan fingerprint density at radius 3 is 2.61 bits per heavy atom. The predicted octanol–water partition coefficient (Wildman–Crippen LogP) is 2.00. The second kappa shape index (κ2) is 5.86. The van der Waals surface area contributed by atoms with Crippen molar-refractivity contribution in [1.29, 1.82) is 0 Å². The van der Waals surface area contributed by atoms with Crippen LogP contribution in [0, 0.1) is 22.9 Å². The summed E-state index contributed by atoms with van der Waals surface area (Å²) in [6.45, 7) is 1.55. The van der Waals surface area contributed by atoms with E-state index in [1.54, 1.807) is 6.92 Å². The molecule has 0 bridgehead atoms. The van der Waals surface area contributed by atoms with Crippen LogP contribution in [0.2, 0.25) is 0 Å². The number of halogens is 1. The topological polar surface area (TPSA) is 136 Å². The van der Waals surface area contributed by atoms with Gasteiger partial charge >= 0.3 is 0 Å². The van der Waals surface area contributed by atoms with Gasteiger partial charge in [-0.2, -0.15) is 5.10 Å². The molecule has 1 aromatic heterocycles. The van der Waals surface area contributed by atoms with Gasteiger partial charge in [0.25, 0.3) is 11.6 Å². The Labute approximate surface area is 157 Å². The highest BCUT2D eigenvalue weighted by Gasteiger charge is 2.50. The van der Waals surface area contributed by atoms with Crippen molar-refractivity contribution in [3.63, 3.8) is 0 Å². The van der Waals surface area contributed by atoms with Crippen LogP contribution < -0.4 is 11.1 Å². The minimum Gasteiger partial charge on any atom is -0.383 e. The van der Waals surface area contributed by atoms with E-state index in [0.717, 1.165) is 6.07 Å². The molecule has 0 spiro atoms. The maximum Gasteiger partial charge on any atom is 0.269 e. The summed E-state index contributed by atoms with van der Waals surface area (Å²) < 4.78 is 15.0. The summed E-state index contributed by atoms with van der Waals surface area (Å²) in [6, 6.07) is 9.04. The van der Waals surface area contributed by atoms with Gasteiger partial charge in [0.15, 0.2) is 0 Å². The summed E-state index contributed by atoms with van der Waals surface area (Å²) >= 11 is 0. The lowest BCUT2D eigenvalue weighted by Gasteiger charge is -2.21. The highest BCUT2D eigenvalue weighted by Crippen LogP contribution is 2.44. The molecule has 4 rings (SSSR count). The molecule has 1 amide bonds. The van der Waals surface area contributed by atoms with Crippen LogP contribution in [0.3, 0.4) is 0 Å². The molecule has 4 N–H and O–H groups in total. The lowest BCUT2D eigenvalue weighted by Crippen LogP contribution is -2.36. The summed E-state index contributed by atoms with van der Waals surface area (Å²) in [5.41, 5.74) is 4.85. The molecule has 0 saturated heterocycles. The zero-order valence-electron chi connectivity index (χ0n) is 14.5. The van der Waals surface area contributed by atoms with Gasteiger partial charge < -0.3 is 16.2 Å². The molecule has 0 unspecified atom stereocenters. The molecule has 0 aliphatic carbocycles. The molecule has 9 nitrogen and oxygen atoms in total. The first-order valence-electron chi connectivity index (χ1n) is 8.17. The molecule has 3 aromatic rings. The maximum absolute atomic E-state index is 13.8. The molecule has 10 heteroatoms. The van der Waals surface area contributed by atoms with E-state index in [2.05, 4.69) is 10.4 Å². The van der Waals surface area contributed by atoms with Crippen molar-refractivity contribution in [1.82, 2.24) is 9.78 Å². The number of aliphatic hydroxyl groups is 1. The molecule has 0 fully saturated rings. The predicted molar refractivity (Wildman–Crippen MR) is 97.4 cm³/mol. The number of nitrogens with zero attached hydrogens (tertiary/aromatic N) is 3. The molecule has 1 atom stereocenters. The summed E-state index contributed by atoms with van der Waals surface area (Å²) in [7, 11) is 0. The fourth-order valence-corrected chi connectivity index (χ4v) is 3.41. The summed E-state index contributed by atoms with van der Waals surface area (Å²) in [6.07, 6.45) is 0. The first-order chi connectivity index (χ1) is 13.2. The van der Waals surface area contributed by atoms with Crippen molar-refractivity contribution in [3.05, 3.63) is 75.2 Å². The van der Waals surface area contributed by atoms with E-state index in [9.17, 15) is 24.4 Å². The van der Waals surface area contributed by atoms with Crippen molar-refractivity contribution >= 4 is 23.1 Å². The van der Waals surface area contributed by atoms with Crippen LogP contribution in [0.15, 0.2) is 42.5 Å². The fourth-order valence-electron chi connectivity index (χ4n) is 3.41.